The van der Waals surface area contributed by atoms with Gasteiger partial charge in [-0.15, -0.1) is 0 Å². The fourth-order valence-corrected chi connectivity index (χ4v) is 3.59. The van der Waals surface area contributed by atoms with Crippen molar-refractivity contribution >= 4 is 5.91 Å². The zero-order chi connectivity index (χ0) is 13.9. The minimum absolute atomic E-state index is 0.0500. The number of hydrogen-bond acceptors (Lipinski definition) is 2. The summed E-state index contributed by atoms with van der Waals surface area (Å²) in [6, 6.07) is 8.57. The van der Waals surface area contributed by atoms with E-state index in [1.54, 1.807) is 0 Å². The molecule has 3 heteroatoms. The van der Waals surface area contributed by atoms with Gasteiger partial charge < -0.3 is 10.6 Å². The van der Waals surface area contributed by atoms with Crippen LogP contribution in [0.1, 0.15) is 43.2 Å². The van der Waals surface area contributed by atoms with Gasteiger partial charge in [-0.05, 0) is 36.8 Å². The van der Waals surface area contributed by atoms with Gasteiger partial charge in [0, 0.05) is 19.1 Å². The van der Waals surface area contributed by atoms with Crippen LogP contribution in [0.2, 0.25) is 0 Å². The molecule has 1 aromatic carbocycles. The van der Waals surface area contributed by atoms with Gasteiger partial charge in [0.15, 0.2) is 0 Å². The molecular formula is C17H24N2O. The number of amides is 1. The first-order valence-electron chi connectivity index (χ1n) is 7.87. The maximum absolute atomic E-state index is 12.8. The lowest BCUT2D eigenvalue weighted by molar-refractivity contribution is -0.137. The lowest BCUT2D eigenvalue weighted by Gasteiger charge is -2.32. The summed E-state index contributed by atoms with van der Waals surface area (Å²) in [5.74, 6) is 0.336. The van der Waals surface area contributed by atoms with Crippen molar-refractivity contribution in [2.45, 2.75) is 51.1 Å². The summed E-state index contributed by atoms with van der Waals surface area (Å²) in [6.07, 6.45) is 6.43. The second-order valence-corrected chi connectivity index (χ2v) is 6.19. The fraction of sp³-hybridized carbons (Fsp3) is 0.588. The number of carbonyl (C=O) groups excluding carboxylic acids is 1. The first-order valence-corrected chi connectivity index (χ1v) is 7.87. The van der Waals surface area contributed by atoms with E-state index in [0.717, 1.165) is 45.2 Å². The molecule has 1 saturated carbocycles. The Hall–Kier alpha value is -1.35. The van der Waals surface area contributed by atoms with Gasteiger partial charge in [0.2, 0.25) is 5.91 Å². The molecule has 3 nitrogen and oxygen atoms in total. The van der Waals surface area contributed by atoms with Crippen LogP contribution in [0.3, 0.4) is 0 Å². The summed E-state index contributed by atoms with van der Waals surface area (Å²) < 4.78 is 0. The van der Waals surface area contributed by atoms with E-state index >= 15 is 0 Å². The molecule has 1 amide bonds. The molecule has 2 N–H and O–H groups in total. The van der Waals surface area contributed by atoms with Crippen LogP contribution < -0.4 is 5.73 Å². The first kappa shape index (κ1) is 13.6. The highest BCUT2D eigenvalue weighted by molar-refractivity contribution is 5.79. The van der Waals surface area contributed by atoms with Gasteiger partial charge in [0.1, 0.15) is 0 Å². The molecule has 2 atom stereocenters. The van der Waals surface area contributed by atoms with Gasteiger partial charge in [-0.3, -0.25) is 4.79 Å². The van der Waals surface area contributed by atoms with Crippen LogP contribution in [0, 0.1) is 5.92 Å². The van der Waals surface area contributed by atoms with Gasteiger partial charge in [0.25, 0.3) is 0 Å². The maximum atomic E-state index is 12.8. The van der Waals surface area contributed by atoms with E-state index in [9.17, 15) is 4.79 Å². The standard InChI is InChI=1S/C17H24N2O/c18-16-10-4-3-9-15(16)17(20)19-11-5-8-13-6-1-2-7-14(13)12-19/h1-2,6-7,15-16H,3-5,8-12,18H2. The maximum Gasteiger partial charge on any atom is 0.227 e. The topological polar surface area (TPSA) is 46.3 Å². The van der Waals surface area contributed by atoms with Crippen molar-refractivity contribution in [3.8, 4) is 0 Å². The van der Waals surface area contributed by atoms with Crippen LogP contribution in [0.25, 0.3) is 0 Å². The van der Waals surface area contributed by atoms with Crippen LogP contribution in [0.5, 0.6) is 0 Å². The second-order valence-electron chi connectivity index (χ2n) is 6.19. The second kappa shape index (κ2) is 5.96. The zero-order valence-electron chi connectivity index (χ0n) is 12.1. The molecule has 108 valence electrons. The monoisotopic (exact) mass is 272 g/mol. The summed E-state index contributed by atoms with van der Waals surface area (Å²) in [6.45, 7) is 1.63. The Morgan fingerprint density at radius 3 is 2.65 bits per heavy atom. The minimum atomic E-state index is 0.0500. The molecule has 0 aromatic heterocycles. The molecule has 0 bridgehead atoms. The Morgan fingerprint density at radius 2 is 1.85 bits per heavy atom. The van der Waals surface area contributed by atoms with Crippen LogP contribution in [0.15, 0.2) is 24.3 Å². The molecule has 2 aliphatic rings. The third-order valence-corrected chi connectivity index (χ3v) is 4.80. The molecule has 0 radical (unpaired) electrons. The Bertz CT molecular complexity index is 486. The largest absolute Gasteiger partial charge is 0.338 e. The van der Waals surface area contributed by atoms with Crippen molar-refractivity contribution in [2.75, 3.05) is 6.54 Å². The van der Waals surface area contributed by atoms with Gasteiger partial charge in [0.05, 0.1) is 5.92 Å². The normalized spacial score (nSPS) is 26.8. The number of nitrogens with zero attached hydrogens (tertiary/aromatic N) is 1. The van der Waals surface area contributed by atoms with Gasteiger partial charge in [-0.2, -0.15) is 0 Å². The molecule has 1 aliphatic heterocycles. The predicted molar refractivity (Wildman–Crippen MR) is 80.1 cm³/mol. The van der Waals surface area contributed by atoms with Crippen LogP contribution in [-0.4, -0.2) is 23.4 Å². The highest BCUT2D eigenvalue weighted by Crippen LogP contribution is 2.27. The lowest BCUT2D eigenvalue weighted by atomic mass is 9.84. The number of rotatable bonds is 1. The van der Waals surface area contributed by atoms with Crippen molar-refractivity contribution < 1.29 is 4.79 Å². The smallest absolute Gasteiger partial charge is 0.227 e. The summed E-state index contributed by atoms with van der Waals surface area (Å²) >= 11 is 0. The van der Waals surface area contributed by atoms with E-state index in [4.69, 9.17) is 5.73 Å². The first-order chi connectivity index (χ1) is 9.75. The average Bonchev–Trinajstić information content (AvgIpc) is 2.69. The summed E-state index contributed by atoms with van der Waals surface area (Å²) in [4.78, 5) is 14.8. The van der Waals surface area contributed by atoms with Crippen LogP contribution in [-0.2, 0) is 17.8 Å². The minimum Gasteiger partial charge on any atom is -0.338 e. The third kappa shape index (κ3) is 2.73. The van der Waals surface area contributed by atoms with Crippen molar-refractivity contribution in [1.29, 1.82) is 0 Å². The summed E-state index contributed by atoms with van der Waals surface area (Å²) in [5, 5.41) is 0. The SMILES string of the molecule is NC1CCCCC1C(=O)N1CCCc2ccccc2C1. The van der Waals surface area contributed by atoms with Gasteiger partial charge in [-0.1, -0.05) is 37.1 Å². The van der Waals surface area contributed by atoms with Crippen molar-refractivity contribution in [1.82, 2.24) is 4.90 Å². The average molecular weight is 272 g/mol. The molecule has 1 aliphatic carbocycles. The van der Waals surface area contributed by atoms with E-state index < -0.39 is 0 Å². The Labute approximate surface area is 121 Å². The molecule has 3 rings (SSSR count). The lowest BCUT2D eigenvalue weighted by Crippen LogP contribution is -2.45. The van der Waals surface area contributed by atoms with Gasteiger partial charge in [-0.25, -0.2) is 0 Å². The Balaban J connectivity index is 1.75. The number of aryl methyl sites for hydroxylation is 1. The van der Waals surface area contributed by atoms with E-state index in [1.807, 2.05) is 4.90 Å². The Morgan fingerprint density at radius 1 is 1.10 bits per heavy atom. The van der Waals surface area contributed by atoms with Gasteiger partial charge >= 0.3 is 0 Å². The molecule has 20 heavy (non-hydrogen) atoms. The molecule has 1 fully saturated rings. The van der Waals surface area contributed by atoms with Crippen molar-refractivity contribution in [2.24, 2.45) is 11.7 Å². The summed E-state index contributed by atoms with van der Waals surface area (Å²) in [5.41, 5.74) is 8.88. The van der Waals surface area contributed by atoms with Crippen molar-refractivity contribution in [3.63, 3.8) is 0 Å². The van der Waals surface area contributed by atoms with E-state index in [2.05, 4.69) is 24.3 Å². The predicted octanol–water partition coefficient (Wildman–Crippen LogP) is 2.48. The number of nitrogens with two attached hydrogens (primary N) is 1. The number of hydrogen-bond donors (Lipinski definition) is 1. The highest BCUT2D eigenvalue weighted by atomic mass is 16.2. The van der Waals surface area contributed by atoms with Crippen molar-refractivity contribution in [3.05, 3.63) is 35.4 Å². The quantitative estimate of drug-likeness (QED) is 0.853. The molecule has 0 spiro atoms. The summed E-state index contributed by atoms with van der Waals surface area (Å²) in [7, 11) is 0. The number of fused-ring (bicyclic) bond motifs is 1. The fourth-order valence-electron chi connectivity index (χ4n) is 3.59. The van der Waals surface area contributed by atoms with E-state index in [0.29, 0.717) is 0 Å². The number of carbonyl (C=O) groups is 1. The molecular weight excluding hydrogens is 248 g/mol. The van der Waals surface area contributed by atoms with Crippen LogP contribution in [0.4, 0.5) is 0 Å². The molecule has 2 unspecified atom stereocenters. The van der Waals surface area contributed by atoms with E-state index in [-0.39, 0.29) is 17.9 Å². The molecule has 0 saturated heterocycles. The molecule has 1 aromatic rings. The highest BCUT2D eigenvalue weighted by Gasteiger charge is 2.32. The molecule has 1 heterocycles. The number of benzene rings is 1. The van der Waals surface area contributed by atoms with E-state index in [1.165, 1.54) is 17.5 Å². The van der Waals surface area contributed by atoms with Crippen LogP contribution >= 0.6 is 0 Å². The Kier molecular flexibility index (Phi) is 4.06. The third-order valence-electron chi connectivity index (χ3n) is 4.80. The zero-order valence-corrected chi connectivity index (χ0v) is 12.1.